The van der Waals surface area contributed by atoms with Gasteiger partial charge in [-0.1, -0.05) is 18.2 Å². The summed E-state index contributed by atoms with van der Waals surface area (Å²) in [6.45, 7) is 2.72. The average Bonchev–Trinajstić information content (AvgIpc) is 3.03. The molecule has 0 aliphatic rings. The molecular formula is C14H13N3OS. The van der Waals surface area contributed by atoms with Crippen molar-refractivity contribution in [3.8, 4) is 0 Å². The Kier molecular flexibility index (Phi) is 3.13. The van der Waals surface area contributed by atoms with Gasteiger partial charge in [0, 0.05) is 11.2 Å². The molecule has 0 aliphatic carbocycles. The van der Waals surface area contributed by atoms with E-state index in [-0.39, 0.29) is 5.78 Å². The van der Waals surface area contributed by atoms with Crippen LogP contribution in [-0.2, 0) is 13.0 Å². The Morgan fingerprint density at radius 2 is 2.21 bits per heavy atom. The van der Waals surface area contributed by atoms with Gasteiger partial charge >= 0.3 is 0 Å². The minimum atomic E-state index is 0.101. The number of ketones is 1. The van der Waals surface area contributed by atoms with Gasteiger partial charge in [-0.2, -0.15) is 5.10 Å². The predicted molar refractivity (Wildman–Crippen MR) is 75.6 cm³/mol. The predicted octanol–water partition coefficient (Wildman–Crippen LogP) is 2.94. The van der Waals surface area contributed by atoms with Gasteiger partial charge in [0.2, 0.25) is 0 Å². The second-order valence-corrected chi connectivity index (χ2v) is 5.32. The van der Waals surface area contributed by atoms with E-state index in [9.17, 15) is 4.79 Å². The largest absolute Gasteiger partial charge is 0.293 e. The Morgan fingerprint density at radius 3 is 3.00 bits per heavy atom. The van der Waals surface area contributed by atoms with Crippen molar-refractivity contribution in [3.05, 3.63) is 47.4 Å². The van der Waals surface area contributed by atoms with Crippen LogP contribution in [0.5, 0.6) is 0 Å². The minimum absolute atomic E-state index is 0.101. The zero-order valence-electron chi connectivity index (χ0n) is 10.5. The lowest BCUT2D eigenvalue weighted by molar-refractivity contribution is 0.0993. The highest BCUT2D eigenvalue weighted by atomic mass is 32.1. The van der Waals surface area contributed by atoms with Crippen molar-refractivity contribution in [3.63, 3.8) is 0 Å². The van der Waals surface area contributed by atoms with Crippen LogP contribution in [0.3, 0.4) is 0 Å². The van der Waals surface area contributed by atoms with E-state index >= 15 is 0 Å². The SMILES string of the molecule is CCn1ncnc1CC(=O)c1cc2ccccc2s1. The fourth-order valence-electron chi connectivity index (χ4n) is 2.04. The standard InChI is InChI=1S/C14H13N3OS/c1-2-17-14(15-9-16-17)8-11(18)13-7-10-5-3-4-6-12(10)19-13/h3-7,9H,2,8H2,1H3. The van der Waals surface area contributed by atoms with Gasteiger partial charge < -0.3 is 0 Å². The molecule has 0 saturated carbocycles. The van der Waals surface area contributed by atoms with Gasteiger partial charge in [0.05, 0.1) is 11.3 Å². The number of nitrogens with zero attached hydrogens (tertiary/aromatic N) is 3. The number of hydrogen-bond acceptors (Lipinski definition) is 4. The first-order valence-corrected chi connectivity index (χ1v) is 6.98. The van der Waals surface area contributed by atoms with Gasteiger partial charge in [0.1, 0.15) is 12.2 Å². The summed E-state index contributed by atoms with van der Waals surface area (Å²) in [6, 6.07) is 9.98. The van der Waals surface area contributed by atoms with E-state index in [2.05, 4.69) is 10.1 Å². The molecule has 96 valence electrons. The highest BCUT2D eigenvalue weighted by molar-refractivity contribution is 7.20. The van der Waals surface area contributed by atoms with E-state index in [1.807, 2.05) is 37.3 Å². The van der Waals surface area contributed by atoms with Crippen molar-refractivity contribution >= 4 is 27.2 Å². The van der Waals surface area contributed by atoms with Crippen LogP contribution in [0.1, 0.15) is 22.4 Å². The lowest BCUT2D eigenvalue weighted by Gasteiger charge is -2.00. The monoisotopic (exact) mass is 271 g/mol. The summed E-state index contributed by atoms with van der Waals surface area (Å²) >= 11 is 1.53. The van der Waals surface area contributed by atoms with Gasteiger partial charge in [-0.15, -0.1) is 11.3 Å². The normalized spacial score (nSPS) is 11.0. The maximum atomic E-state index is 12.3. The maximum Gasteiger partial charge on any atom is 0.180 e. The summed E-state index contributed by atoms with van der Waals surface area (Å²) in [5.74, 6) is 0.828. The minimum Gasteiger partial charge on any atom is -0.293 e. The third kappa shape index (κ3) is 2.29. The van der Waals surface area contributed by atoms with Crippen LogP contribution in [0.2, 0.25) is 0 Å². The fourth-order valence-corrected chi connectivity index (χ4v) is 3.04. The molecule has 0 spiro atoms. The molecule has 0 atom stereocenters. The molecule has 3 rings (SSSR count). The number of carbonyl (C=O) groups excluding carboxylic acids is 1. The van der Waals surface area contributed by atoms with Crippen molar-refractivity contribution in [1.82, 2.24) is 14.8 Å². The fraction of sp³-hybridized carbons (Fsp3) is 0.214. The van der Waals surface area contributed by atoms with Crippen molar-refractivity contribution < 1.29 is 4.79 Å². The average molecular weight is 271 g/mol. The summed E-state index contributed by atoms with van der Waals surface area (Å²) in [6.07, 6.45) is 1.80. The zero-order valence-corrected chi connectivity index (χ0v) is 11.4. The third-order valence-electron chi connectivity index (χ3n) is 3.01. The molecule has 0 aliphatic heterocycles. The lowest BCUT2D eigenvalue weighted by Crippen LogP contribution is -2.09. The highest BCUT2D eigenvalue weighted by Crippen LogP contribution is 2.26. The maximum absolute atomic E-state index is 12.3. The molecule has 2 aromatic heterocycles. The first-order chi connectivity index (χ1) is 9.28. The Morgan fingerprint density at radius 1 is 1.37 bits per heavy atom. The van der Waals surface area contributed by atoms with Crippen LogP contribution >= 0.6 is 11.3 Å². The van der Waals surface area contributed by atoms with E-state index in [1.54, 1.807) is 4.68 Å². The van der Waals surface area contributed by atoms with Crippen LogP contribution < -0.4 is 0 Å². The Bertz CT molecular complexity index is 696. The van der Waals surface area contributed by atoms with E-state index in [1.165, 1.54) is 17.7 Å². The summed E-state index contributed by atoms with van der Waals surface area (Å²) < 4.78 is 2.90. The molecule has 19 heavy (non-hydrogen) atoms. The van der Waals surface area contributed by atoms with E-state index < -0.39 is 0 Å². The molecule has 0 N–H and O–H groups in total. The summed E-state index contributed by atoms with van der Waals surface area (Å²) in [4.78, 5) is 17.2. The number of fused-ring (bicyclic) bond motifs is 1. The second kappa shape index (κ2) is 4.93. The second-order valence-electron chi connectivity index (χ2n) is 4.24. The Balaban J connectivity index is 1.87. The number of thiophene rings is 1. The Hall–Kier alpha value is -2.01. The van der Waals surface area contributed by atoms with Gasteiger partial charge in [-0.25, -0.2) is 9.67 Å². The van der Waals surface area contributed by atoms with Crippen molar-refractivity contribution in [2.24, 2.45) is 0 Å². The molecule has 4 nitrogen and oxygen atoms in total. The molecule has 0 fully saturated rings. The van der Waals surface area contributed by atoms with Crippen LogP contribution in [0.15, 0.2) is 36.7 Å². The van der Waals surface area contributed by atoms with E-state index in [0.717, 1.165) is 27.3 Å². The quantitative estimate of drug-likeness (QED) is 0.685. The summed E-state index contributed by atoms with van der Waals surface area (Å²) in [5.41, 5.74) is 0. The van der Waals surface area contributed by atoms with Gasteiger partial charge in [0.25, 0.3) is 0 Å². The third-order valence-corrected chi connectivity index (χ3v) is 4.17. The first kappa shape index (κ1) is 12.0. The molecule has 0 saturated heterocycles. The number of Topliss-reactive ketones (excluding diaryl/α,β-unsaturated/α-hetero) is 1. The number of benzene rings is 1. The number of rotatable bonds is 4. The van der Waals surface area contributed by atoms with E-state index in [4.69, 9.17) is 0 Å². The molecular weight excluding hydrogens is 258 g/mol. The lowest BCUT2D eigenvalue weighted by atomic mass is 10.2. The molecule has 3 aromatic rings. The Labute approximate surface area is 114 Å². The number of aryl methyl sites for hydroxylation is 1. The topological polar surface area (TPSA) is 47.8 Å². The first-order valence-electron chi connectivity index (χ1n) is 6.16. The number of aromatic nitrogens is 3. The van der Waals surface area contributed by atoms with Crippen molar-refractivity contribution in [2.45, 2.75) is 19.9 Å². The molecule has 2 heterocycles. The highest BCUT2D eigenvalue weighted by Gasteiger charge is 2.14. The van der Waals surface area contributed by atoms with Crippen molar-refractivity contribution in [1.29, 1.82) is 0 Å². The van der Waals surface area contributed by atoms with Crippen LogP contribution in [-0.4, -0.2) is 20.5 Å². The van der Waals surface area contributed by atoms with Gasteiger partial charge in [0.15, 0.2) is 5.78 Å². The summed E-state index contributed by atoms with van der Waals surface area (Å²) in [5, 5.41) is 5.20. The molecule has 1 aromatic carbocycles. The smallest absolute Gasteiger partial charge is 0.180 e. The van der Waals surface area contributed by atoms with Crippen LogP contribution in [0, 0.1) is 0 Å². The zero-order chi connectivity index (χ0) is 13.2. The number of hydrogen-bond donors (Lipinski definition) is 0. The molecule has 0 radical (unpaired) electrons. The van der Waals surface area contributed by atoms with Crippen LogP contribution in [0.4, 0.5) is 0 Å². The molecule has 0 bridgehead atoms. The van der Waals surface area contributed by atoms with Crippen molar-refractivity contribution in [2.75, 3.05) is 0 Å². The molecule has 0 amide bonds. The van der Waals surface area contributed by atoms with Gasteiger partial charge in [-0.3, -0.25) is 4.79 Å². The number of carbonyl (C=O) groups is 1. The van der Waals surface area contributed by atoms with Crippen LogP contribution in [0.25, 0.3) is 10.1 Å². The molecule has 0 unspecified atom stereocenters. The van der Waals surface area contributed by atoms with E-state index in [0.29, 0.717) is 6.42 Å². The van der Waals surface area contributed by atoms with Gasteiger partial charge in [-0.05, 0) is 24.4 Å². The summed E-state index contributed by atoms with van der Waals surface area (Å²) in [7, 11) is 0. The molecule has 5 heteroatoms.